The number of anilines is 1. The number of methoxy groups -OCH3 is 2. The van der Waals surface area contributed by atoms with E-state index in [9.17, 15) is 0 Å². The SMILES string of the molecule is COc1ccc(OC)c(CN(Cc2cnc(N)s2)C2CC2)c1.Cl. The first-order valence-electron chi connectivity index (χ1n) is 7.34. The van der Waals surface area contributed by atoms with Crippen LogP contribution >= 0.6 is 23.7 Å². The highest BCUT2D eigenvalue weighted by atomic mass is 35.5. The van der Waals surface area contributed by atoms with Crippen molar-refractivity contribution in [2.45, 2.75) is 32.0 Å². The molecule has 2 N–H and O–H groups in total. The van der Waals surface area contributed by atoms with Crippen LogP contribution in [0.2, 0.25) is 0 Å². The van der Waals surface area contributed by atoms with Crippen molar-refractivity contribution in [1.29, 1.82) is 0 Å². The topological polar surface area (TPSA) is 60.6 Å². The van der Waals surface area contributed by atoms with Crippen LogP contribution in [0.1, 0.15) is 23.3 Å². The van der Waals surface area contributed by atoms with E-state index in [1.165, 1.54) is 17.7 Å². The number of nitrogens with zero attached hydrogens (tertiary/aromatic N) is 2. The Labute approximate surface area is 146 Å². The molecule has 1 fully saturated rings. The summed E-state index contributed by atoms with van der Waals surface area (Å²) < 4.78 is 10.8. The van der Waals surface area contributed by atoms with Crippen LogP contribution in [0.3, 0.4) is 0 Å². The molecule has 0 bridgehead atoms. The van der Waals surface area contributed by atoms with Crippen molar-refractivity contribution in [3.8, 4) is 11.5 Å². The number of benzene rings is 1. The molecule has 126 valence electrons. The molecule has 7 heteroatoms. The standard InChI is InChI=1S/C16H21N3O2S.ClH/c1-20-13-5-6-15(21-2)11(7-13)9-19(12-3-4-12)10-14-8-18-16(17)22-14;/h5-8,12H,3-4,9-10H2,1-2H3,(H2,17,18);1H. The van der Waals surface area contributed by atoms with Gasteiger partial charge in [0.15, 0.2) is 5.13 Å². The number of thiazole rings is 1. The summed E-state index contributed by atoms with van der Waals surface area (Å²) in [6, 6.07) is 6.58. The highest BCUT2D eigenvalue weighted by molar-refractivity contribution is 7.15. The lowest BCUT2D eigenvalue weighted by Crippen LogP contribution is -2.24. The Morgan fingerprint density at radius 3 is 2.61 bits per heavy atom. The van der Waals surface area contributed by atoms with Crippen LogP contribution < -0.4 is 15.2 Å². The summed E-state index contributed by atoms with van der Waals surface area (Å²) in [7, 11) is 3.39. The fraction of sp³-hybridized carbons (Fsp3) is 0.438. The summed E-state index contributed by atoms with van der Waals surface area (Å²) in [6.45, 7) is 1.71. The minimum absolute atomic E-state index is 0. The molecule has 0 radical (unpaired) electrons. The normalized spacial score (nSPS) is 13.7. The van der Waals surface area contributed by atoms with E-state index in [4.69, 9.17) is 15.2 Å². The zero-order chi connectivity index (χ0) is 15.5. The quantitative estimate of drug-likeness (QED) is 0.825. The van der Waals surface area contributed by atoms with E-state index in [1.807, 2.05) is 18.3 Å². The molecule has 1 aliphatic rings. The van der Waals surface area contributed by atoms with Crippen LogP contribution in [0, 0.1) is 0 Å². The largest absolute Gasteiger partial charge is 0.497 e. The van der Waals surface area contributed by atoms with E-state index in [0.29, 0.717) is 11.2 Å². The molecule has 3 rings (SSSR count). The number of rotatable bonds is 7. The molecule has 23 heavy (non-hydrogen) atoms. The molecule has 0 aliphatic heterocycles. The molecule has 0 spiro atoms. The van der Waals surface area contributed by atoms with Crippen LogP contribution in [0.15, 0.2) is 24.4 Å². The predicted molar refractivity (Wildman–Crippen MR) is 95.6 cm³/mol. The molecular weight excluding hydrogens is 334 g/mol. The second-order valence-electron chi connectivity index (χ2n) is 5.48. The van der Waals surface area contributed by atoms with Gasteiger partial charge in [0, 0.05) is 35.8 Å². The van der Waals surface area contributed by atoms with Crippen molar-refractivity contribution >= 4 is 28.9 Å². The van der Waals surface area contributed by atoms with Gasteiger partial charge in [-0.15, -0.1) is 23.7 Å². The smallest absolute Gasteiger partial charge is 0.180 e. The molecular formula is C16H22ClN3O2S. The lowest BCUT2D eigenvalue weighted by Gasteiger charge is -2.22. The van der Waals surface area contributed by atoms with E-state index in [-0.39, 0.29) is 12.4 Å². The van der Waals surface area contributed by atoms with Crippen molar-refractivity contribution in [2.75, 3.05) is 20.0 Å². The molecule has 1 aromatic carbocycles. The molecule has 0 atom stereocenters. The van der Waals surface area contributed by atoms with E-state index < -0.39 is 0 Å². The van der Waals surface area contributed by atoms with Crippen LogP contribution in [-0.2, 0) is 13.1 Å². The lowest BCUT2D eigenvalue weighted by molar-refractivity contribution is 0.243. The van der Waals surface area contributed by atoms with E-state index in [0.717, 1.165) is 30.2 Å². The Balaban J connectivity index is 0.00000192. The number of nitrogen functional groups attached to an aromatic ring is 1. The Morgan fingerprint density at radius 1 is 1.26 bits per heavy atom. The van der Waals surface area contributed by atoms with Crippen LogP contribution in [0.25, 0.3) is 0 Å². The van der Waals surface area contributed by atoms with Gasteiger partial charge in [0.05, 0.1) is 14.2 Å². The van der Waals surface area contributed by atoms with Gasteiger partial charge >= 0.3 is 0 Å². The third-order valence-corrected chi connectivity index (χ3v) is 4.67. The van der Waals surface area contributed by atoms with Crippen LogP contribution in [0.5, 0.6) is 11.5 Å². The fourth-order valence-corrected chi connectivity index (χ4v) is 3.28. The maximum Gasteiger partial charge on any atom is 0.180 e. The lowest BCUT2D eigenvalue weighted by atomic mass is 10.1. The summed E-state index contributed by atoms with van der Waals surface area (Å²) in [4.78, 5) is 7.81. The van der Waals surface area contributed by atoms with Gasteiger partial charge < -0.3 is 15.2 Å². The summed E-state index contributed by atoms with van der Waals surface area (Å²) in [5, 5.41) is 0.629. The Kier molecular flexibility index (Phi) is 6.10. The third-order valence-electron chi connectivity index (χ3n) is 3.85. The molecule has 5 nitrogen and oxygen atoms in total. The maximum atomic E-state index is 5.73. The number of hydrogen-bond donors (Lipinski definition) is 1. The Morgan fingerprint density at radius 2 is 2.04 bits per heavy atom. The highest BCUT2D eigenvalue weighted by Crippen LogP contribution is 2.33. The molecule has 2 aromatic rings. The molecule has 0 saturated heterocycles. The van der Waals surface area contributed by atoms with E-state index in [2.05, 4.69) is 16.0 Å². The fourth-order valence-electron chi connectivity index (χ4n) is 2.57. The number of nitrogens with two attached hydrogens (primary N) is 1. The van der Waals surface area contributed by atoms with Crippen molar-refractivity contribution < 1.29 is 9.47 Å². The van der Waals surface area contributed by atoms with Crippen molar-refractivity contribution in [3.05, 3.63) is 34.8 Å². The highest BCUT2D eigenvalue weighted by Gasteiger charge is 2.30. The van der Waals surface area contributed by atoms with Crippen molar-refractivity contribution in [3.63, 3.8) is 0 Å². The molecule has 0 amide bonds. The van der Waals surface area contributed by atoms with Gasteiger partial charge in [-0.05, 0) is 31.0 Å². The molecule has 1 heterocycles. The van der Waals surface area contributed by atoms with Gasteiger partial charge in [0.2, 0.25) is 0 Å². The minimum Gasteiger partial charge on any atom is -0.497 e. The van der Waals surface area contributed by atoms with Gasteiger partial charge in [-0.25, -0.2) is 4.98 Å². The zero-order valence-corrected chi connectivity index (χ0v) is 15.0. The first kappa shape index (κ1) is 17.8. The second kappa shape index (κ2) is 7.86. The van der Waals surface area contributed by atoms with E-state index >= 15 is 0 Å². The van der Waals surface area contributed by atoms with Gasteiger partial charge in [-0.3, -0.25) is 4.90 Å². The molecule has 1 saturated carbocycles. The van der Waals surface area contributed by atoms with E-state index in [1.54, 1.807) is 25.6 Å². The number of aromatic nitrogens is 1. The first-order valence-corrected chi connectivity index (χ1v) is 8.16. The Bertz CT molecular complexity index is 646. The second-order valence-corrected chi connectivity index (χ2v) is 6.63. The van der Waals surface area contributed by atoms with Crippen molar-refractivity contribution in [1.82, 2.24) is 9.88 Å². The average Bonchev–Trinajstić information content (AvgIpc) is 3.30. The summed E-state index contributed by atoms with van der Waals surface area (Å²) in [5.41, 5.74) is 6.88. The summed E-state index contributed by atoms with van der Waals surface area (Å²) in [5.74, 6) is 1.75. The Hall–Kier alpha value is -1.50. The maximum absolute atomic E-state index is 5.73. The van der Waals surface area contributed by atoms with Gasteiger partial charge in [0.1, 0.15) is 11.5 Å². The van der Waals surface area contributed by atoms with Gasteiger partial charge in [0.25, 0.3) is 0 Å². The van der Waals surface area contributed by atoms with Gasteiger partial charge in [-0.2, -0.15) is 0 Å². The number of hydrogen-bond acceptors (Lipinski definition) is 6. The molecule has 1 aliphatic carbocycles. The average molecular weight is 356 g/mol. The number of halogens is 1. The first-order chi connectivity index (χ1) is 10.7. The predicted octanol–water partition coefficient (Wildman–Crippen LogP) is 3.33. The van der Waals surface area contributed by atoms with Crippen LogP contribution in [-0.4, -0.2) is 30.1 Å². The molecule has 1 aromatic heterocycles. The number of ether oxygens (including phenoxy) is 2. The zero-order valence-electron chi connectivity index (χ0n) is 13.3. The summed E-state index contributed by atoms with van der Waals surface area (Å²) in [6.07, 6.45) is 4.37. The van der Waals surface area contributed by atoms with Crippen molar-refractivity contribution in [2.24, 2.45) is 0 Å². The molecule has 0 unspecified atom stereocenters. The van der Waals surface area contributed by atoms with Crippen LogP contribution in [0.4, 0.5) is 5.13 Å². The third kappa shape index (κ3) is 4.50. The van der Waals surface area contributed by atoms with Gasteiger partial charge in [-0.1, -0.05) is 0 Å². The minimum atomic E-state index is 0. The summed E-state index contributed by atoms with van der Waals surface area (Å²) >= 11 is 1.56. The monoisotopic (exact) mass is 355 g/mol.